The maximum Gasteiger partial charge on any atom is 0.418 e. The smallest absolute Gasteiger partial charge is 0.324 e. The zero-order valence-corrected chi connectivity index (χ0v) is 16.4. The largest absolute Gasteiger partial charge is 0.418 e. The molecule has 3 aromatic carbocycles. The molecule has 0 saturated carbocycles. The lowest BCUT2D eigenvalue weighted by Gasteiger charge is -2.36. The van der Waals surface area contributed by atoms with Crippen LogP contribution in [-0.2, 0) is 17.4 Å². The lowest BCUT2D eigenvalue weighted by molar-refractivity contribution is -0.137. The van der Waals surface area contributed by atoms with Crippen LogP contribution in [-0.4, -0.2) is 17.9 Å². The monoisotopic (exact) mass is 424 g/mol. The van der Waals surface area contributed by atoms with Crippen LogP contribution in [0.15, 0.2) is 78.9 Å². The summed E-state index contributed by atoms with van der Waals surface area (Å²) in [5.74, 6) is -1.03. The van der Waals surface area contributed by atoms with Crippen molar-refractivity contribution in [2.24, 2.45) is 0 Å². The van der Waals surface area contributed by atoms with Crippen LogP contribution in [0.25, 0.3) is 0 Å². The molecule has 1 heterocycles. The number of amides is 2. The molecule has 4 rings (SSSR count). The summed E-state index contributed by atoms with van der Waals surface area (Å²) in [5, 5.41) is 2.40. The highest BCUT2D eigenvalue weighted by Gasteiger charge is 2.38. The molecule has 0 bridgehead atoms. The van der Waals surface area contributed by atoms with E-state index in [0.29, 0.717) is 24.1 Å². The van der Waals surface area contributed by atoms with Crippen molar-refractivity contribution in [3.63, 3.8) is 0 Å². The van der Waals surface area contributed by atoms with Crippen molar-refractivity contribution in [1.29, 1.82) is 0 Å². The second-order valence-electron chi connectivity index (χ2n) is 7.26. The van der Waals surface area contributed by atoms with E-state index in [9.17, 15) is 22.8 Å². The minimum Gasteiger partial charge on any atom is -0.324 e. The predicted molar refractivity (Wildman–Crippen MR) is 112 cm³/mol. The van der Waals surface area contributed by atoms with Gasteiger partial charge in [-0.25, -0.2) is 0 Å². The minimum absolute atomic E-state index is 0.301. The summed E-state index contributed by atoms with van der Waals surface area (Å²) in [4.78, 5) is 27.8. The first-order valence-electron chi connectivity index (χ1n) is 9.80. The maximum atomic E-state index is 13.3. The standard InChI is InChI=1S/C24H19F3N2O2/c25-24(26,27)18-11-5-6-12-19(18)28-22(30)21-15-14-16-8-4-7-13-20(16)29(21)23(31)17-9-2-1-3-10-17/h1-13,21H,14-15H2,(H,28,30). The first-order valence-corrected chi connectivity index (χ1v) is 9.80. The molecule has 1 atom stereocenters. The molecule has 0 saturated heterocycles. The van der Waals surface area contributed by atoms with Gasteiger partial charge in [-0.1, -0.05) is 48.5 Å². The Morgan fingerprint density at radius 2 is 1.52 bits per heavy atom. The minimum atomic E-state index is -4.61. The number of hydrogen-bond acceptors (Lipinski definition) is 2. The van der Waals surface area contributed by atoms with Crippen molar-refractivity contribution >= 4 is 23.2 Å². The van der Waals surface area contributed by atoms with Gasteiger partial charge in [0.2, 0.25) is 5.91 Å². The van der Waals surface area contributed by atoms with Gasteiger partial charge in [0.25, 0.3) is 5.91 Å². The van der Waals surface area contributed by atoms with Crippen LogP contribution in [0.5, 0.6) is 0 Å². The van der Waals surface area contributed by atoms with Crippen molar-refractivity contribution in [2.75, 3.05) is 10.2 Å². The van der Waals surface area contributed by atoms with Gasteiger partial charge in [0.15, 0.2) is 0 Å². The third-order valence-electron chi connectivity index (χ3n) is 5.28. The summed E-state index contributed by atoms with van der Waals surface area (Å²) in [6, 6.07) is 19.6. The average Bonchev–Trinajstić information content (AvgIpc) is 2.78. The first-order chi connectivity index (χ1) is 14.9. The van der Waals surface area contributed by atoms with E-state index in [1.165, 1.54) is 23.1 Å². The number of aryl methyl sites for hydroxylation is 1. The lowest BCUT2D eigenvalue weighted by atomic mass is 9.94. The number of hydrogen-bond donors (Lipinski definition) is 1. The van der Waals surface area contributed by atoms with E-state index in [2.05, 4.69) is 5.32 Å². The lowest BCUT2D eigenvalue weighted by Crippen LogP contribution is -2.50. The van der Waals surface area contributed by atoms with E-state index in [-0.39, 0.29) is 11.6 Å². The molecule has 3 aromatic rings. The molecule has 1 aliphatic heterocycles. The number of carbonyl (C=O) groups excluding carboxylic acids is 2. The van der Waals surface area contributed by atoms with Crippen LogP contribution in [0, 0.1) is 0 Å². The van der Waals surface area contributed by atoms with Gasteiger partial charge in [-0.15, -0.1) is 0 Å². The third kappa shape index (κ3) is 4.17. The molecular formula is C24H19F3N2O2. The molecule has 0 aromatic heterocycles. The van der Waals surface area contributed by atoms with Crippen LogP contribution in [0.2, 0.25) is 0 Å². The Hall–Kier alpha value is -3.61. The van der Waals surface area contributed by atoms with E-state index in [0.717, 1.165) is 11.6 Å². The molecule has 7 heteroatoms. The second kappa shape index (κ2) is 8.26. The number of benzene rings is 3. The van der Waals surface area contributed by atoms with Gasteiger partial charge >= 0.3 is 6.18 Å². The van der Waals surface area contributed by atoms with Gasteiger partial charge in [-0.2, -0.15) is 13.2 Å². The van der Waals surface area contributed by atoms with Crippen LogP contribution >= 0.6 is 0 Å². The second-order valence-corrected chi connectivity index (χ2v) is 7.26. The average molecular weight is 424 g/mol. The number of rotatable bonds is 3. The number of nitrogens with zero attached hydrogens (tertiary/aromatic N) is 1. The summed E-state index contributed by atoms with van der Waals surface area (Å²) in [7, 11) is 0. The van der Waals surface area contributed by atoms with Crippen molar-refractivity contribution in [2.45, 2.75) is 25.1 Å². The van der Waals surface area contributed by atoms with Crippen LogP contribution in [0.1, 0.15) is 27.9 Å². The molecule has 31 heavy (non-hydrogen) atoms. The Morgan fingerprint density at radius 3 is 2.26 bits per heavy atom. The van der Waals surface area contributed by atoms with Crippen molar-refractivity contribution in [3.8, 4) is 0 Å². The summed E-state index contributed by atoms with van der Waals surface area (Å²) in [6.45, 7) is 0. The normalized spacial score (nSPS) is 15.8. The molecule has 0 fully saturated rings. The topological polar surface area (TPSA) is 49.4 Å². The van der Waals surface area contributed by atoms with Gasteiger partial charge in [0.1, 0.15) is 6.04 Å². The highest BCUT2D eigenvalue weighted by Crippen LogP contribution is 2.36. The Labute approximate surface area is 177 Å². The highest BCUT2D eigenvalue weighted by molar-refractivity contribution is 6.12. The summed E-state index contributed by atoms with van der Waals surface area (Å²) < 4.78 is 40.0. The zero-order chi connectivity index (χ0) is 22.0. The van der Waals surface area contributed by atoms with E-state index in [1.807, 2.05) is 12.1 Å². The Morgan fingerprint density at radius 1 is 0.871 bits per heavy atom. The number of carbonyl (C=O) groups is 2. The molecular weight excluding hydrogens is 405 g/mol. The van der Waals surface area contributed by atoms with Gasteiger partial charge in [-0.3, -0.25) is 14.5 Å². The molecule has 0 spiro atoms. The van der Waals surface area contributed by atoms with E-state index in [1.54, 1.807) is 42.5 Å². The molecule has 0 radical (unpaired) electrons. The van der Waals surface area contributed by atoms with Gasteiger partial charge in [0.05, 0.1) is 11.3 Å². The summed E-state index contributed by atoms with van der Waals surface area (Å²) >= 11 is 0. The number of para-hydroxylation sites is 2. The number of alkyl halides is 3. The summed E-state index contributed by atoms with van der Waals surface area (Å²) in [6.07, 6.45) is -3.77. The van der Waals surface area contributed by atoms with Crippen molar-refractivity contribution < 1.29 is 22.8 Å². The van der Waals surface area contributed by atoms with Gasteiger partial charge in [0, 0.05) is 11.3 Å². The Kier molecular flexibility index (Phi) is 5.50. The molecule has 2 amide bonds. The van der Waals surface area contributed by atoms with E-state index >= 15 is 0 Å². The molecule has 1 N–H and O–H groups in total. The van der Waals surface area contributed by atoms with Crippen LogP contribution < -0.4 is 10.2 Å². The molecule has 0 aliphatic carbocycles. The fourth-order valence-corrected chi connectivity index (χ4v) is 3.82. The molecule has 1 aliphatic rings. The van der Waals surface area contributed by atoms with E-state index in [4.69, 9.17) is 0 Å². The van der Waals surface area contributed by atoms with Crippen molar-refractivity contribution in [3.05, 3.63) is 95.6 Å². The third-order valence-corrected chi connectivity index (χ3v) is 5.28. The van der Waals surface area contributed by atoms with Crippen LogP contribution in [0.3, 0.4) is 0 Å². The number of nitrogens with one attached hydrogen (secondary N) is 1. The predicted octanol–water partition coefficient (Wildman–Crippen LogP) is 5.31. The van der Waals surface area contributed by atoms with Crippen molar-refractivity contribution in [1.82, 2.24) is 0 Å². The number of halogens is 3. The fraction of sp³-hybridized carbons (Fsp3) is 0.167. The van der Waals surface area contributed by atoms with Crippen LogP contribution in [0.4, 0.5) is 24.5 Å². The zero-order valence-electron chi connectivity index (χ0n) is 16.4. The first kappa shape index (κ1) is 20.7. The number of fused-ring (bicyclic) bond motifs is 1. The number of anilines is 2. The van der Waals surface area contributed by atoms with Gasteiger partial charge < -0.3 is 5.32 Å². The fourth-order valence-electron chi connectivity index (χ4n) is 3.82. The quantitative estimate of drug-likeness (QED) is 0.620. The Balaban J connectivity index is 1.70. The molecule has 1 unspecified atom stereocenters. The maximum absolute atomic E-state index is 13.3. The Bertz CT molecular complexity index is 1110. The van der Waals surface area contributed by atoms with E-state index < -0.39 is 23.7 Å². The molecule has 4 nitrogen and oxygen atoms in total. The highest BCUT2D eigenvalue weighted by atomic mass is 19.4. The summed E-state index contributed by atoms with van der Waals surface area (Å²) in [5.41, 5.74) is 0.637. The van der Waals surface area contributed by atoms with Gasteiger partial charge in [-0.05, 0) is 48.7 Å². The molecule has 158 valence electrons. The SMILES string of the molecule is O=C(Nc1ccccc1C(F)(F)F)C1CCc2ccccc2N1C(=O)c1ccccc1.